The van der Waals surface area contributed by atoms with Gasteiger partial charge in [-0.3, -0.25) is 0 Å². The van der Waals surface area contributed by atoms with Gasteiger partial charge < -0.3 is 28.9 Å². The Hall–Kier alpha value is -3.91. The number of hydrogen-bond acceptors (Lipinski definition) is 9. The molecule has 1 aromatic heterocycles. The Morgan fingerprint density at radius 3 is 2.67 bits per heavy atom. The van der Waals surface area contributed by atoms with E-state index in [1.165, 1.54) is 13.2 Å². The second-order valence-electron chi connectivity index (χ2n) is 12.4. The number of nitrogens with zero attached hydrogens (tertiary/aromatic N) is 6. The van der Waals surface area contributed by atoms with Gasteiger partial charge in [-0.05, 0) is 83.8 Å². The number of nitriles is 1. The molecular formula is C32H41FN6O4. The van der Waals surface area contributed by atoms with E-state index in [0.717, 1.165) is 36.3 Å². The number of amides is 1. The van der Waals surface area contributed by atoms with E-state index < -0.39 is 11.7 Å². The standard InChI is InChI=1S/C32H41FN6O4/c1-32(2,3)43-31(40)39-17-16-38(19-22(39)13-14-34)29-24-12-11-21(28-25(33)9-6-10-27(28)41-5)18-26(24)35-30(36-29)42-20-23-8-7-15-37(23)4/h6,9-10,18,22-23H,7-8,11-13,15-17,19-20H2,1-5H3. The summed E-state index contributed by atoms with van der Waals surface area (Å²) in [6, 6.07) is 7.24. The van der Waals surface area contributed by atoms with Gasteiger partial charge in [0.05, 0.1) is 36.9 Å². The second kappa shape index (κ2) is 12.8. The molecule has 1 aromatic carbocycles. The third kappa shape index (κ3) is 6.85. The van der Waals surface area contributed by atoms with Crippen molar-refractivity contribution >= 4 is 23.6 Å². The van der Waals surface area contributed by atoms with E-state index >= 15 is 4.39 Å². The van der Waals surface area contributed by atoms with Crippen LogP contribution < -0.4 is 14.4 Å². The fraction of sp³-hybridized carbons (Fsp3) is 0.562. The molecule has 10 nitrogen and oxygen atoms in total. The first kappa shape index (κ1) is 30.5. The maximum absolute atomic E-state index is 15.0. The van der Waals surface area contributed by atoms with E-state index in [1.807, 2.05) is 26.8 Å². The average molecular weight is 593 g/mol. The number of piperazine rings is 1. The molecule has 2 saturated heterocycles. The van der Waals surface area contributed by atoms with Crippen LogP contribution in [0.2, 0.25) is 0 Å². The average Bonchev–Trinajstić information content (AvgIpc) is 3.38. The molecule has 1 amide bonds. The fourth-order valence-electron chi connectivity index (χ4n) is 6.08. The van der Waals surface area contributed by atoms with Crippen molar-refractivity contribution in [3.05, 3.63) is 40.8 Å². The summed E-state index contributed by atoms with van der Waals surface area (Å²) in [6.45, 7) is 8.30. The number of halogens is 1. The Kier molecular flexibility index (Phi) is 9.06. The summed E-state index contributed by atoms with van der Waals surface area (Å²) >= 11 is 0. The van der Waals surface area contributed by atoms with Crippen molar-refractivity contribution in [2.75, 3.05) is 51.8 Å². The highest BCUT2D eigenvalue weighted by Gasteiger charge is 2.36. The minimum atomic E-state index is -0.637. The predicted molar refractivity (Wildman–Crippen MR) is 161 cm³/mol. The van der Waals surface area contributed by atoms with Crippen LogP contribution in [0.25, 0.3) is 11.6 Å². The van der Waals surface area contributed by atoms with Gasteiger partial charge in [0.15, 0.2) is 0 Å². The molecule has 2 aromatic rings. The zero-order valence-electron chi connectivity index (χ0n) is 25.7. The Labute approximate surface area is 253 Å². The number of likely N-dealkylation sites (tertiary alicyclic amines) is 1. The van der Waals surface area contributed by atoms with Crippen LogP contribution in [0.3, 0.4) is 0 Å². The van der Waals surface area contributed by atoms with Crippen LogP contribution in [-0.2, 0) is 11.2 Å². The highest BCUT2D eigenvalue weighted by Crippen LogP contribution is 2.39. The number of hydrogen-bond donors (Lipinski definition) is 0. The molecule has 0 spiro atoms. The molecule has 0 bridgehead atoms. The number of carbonyl (C=O) groups is 1. The van der Waals surface area contributed by atoms with Crippen LogP contribution >= 0.6 is 0 Å². The lowest BCUT2D eigenvalue weighted by Gasteiger charge is -2.42. The number of rotatable bonds is 7. The number of benzene rings is 1. The number of ether oxygens (including phenoxy) is 3. The molecule has 1 aliphatic carbocycles. The van der Waals surface area contributed by atoms with Gasteiger partial charge in [0.25, 0.3) is 0 Å². The van der Waals surface area contributed by atoms with Crippen LogP contribution in [0.5, 0.6) is 11.8 Å². The van der Waals surface area contributed by atoms with E-state index in [1.54, 1.807) is 17.0 Å². The maximum atomic E-state index is 15.0. The quantitative estimate of drug-likeness (QED) is 0.443. The van der Waals surface area contributed by atoms with Gasteiger partial charge in [0, 0.05) is 31.2 Å². The lowest BCUT2D eigenvalue weighted by atomic mass is 9.90. The molecule has 0 saturated carbocycles. The second-order valence-corrected chi connectivity index (χ2v) is 12.4. The summed E-state index contributed by atoms with van der Waals surface area (Å²) in [7, 11) is 3.63. The van der Waals surface area contributed by atoms with Crippen molar-refractivity contribution in [2.45, 2.75) is 70.6 Å². The van der Waals surface area contributed by atoms with Crippen LogP contribution in [0.15, 0.2) is 18.2 Å². The molecule has 230 valence electrons. The normalized spacial score (nSPS) is 20.7. The van der Waals surface area contributed by atoms with E-state index in [-0.39, 0.29) is 30.3 Å². The summed E-state index contributed by atoms with van der Waals surface area (Å²) < 4.78 is 32.4. The number of aromatic nitrogens is 2. The molecule has 2 fully saturated rings. The number of fused-ring (bicyclic) bond motifs is 1. The smallest absolute Gasteiger partial charge is 0.410 e. The van der Waals surface area contributed by atoms with Crippen LogP contribution in [-0.4, -0.2) is 90.5 Å². The third-order valence-electron chi connectivity index (χ3n) is 8.28. The number of anilines is 1. The molecule has 0 N–H and O–H groups in total. The third-order valence-corrected chi connectivity index (χ3v) is 8.28. The number of methoxy groups -OCH3 is 1. The molecule has 2 aliphatic heterocycles. The van der Waals surface area contributed by atoms with Crippen molar-refractivity contribution in [3.8, 4) is 17.8 Å². The van der Waals surface area contributed by atoms with Crippen molar-refractivity contribution in [2.24, 2.45) is 0 Å². The number of allylic oxidation sites excluding steroid dienone is 1. The first-order valence-electron chi connectivity index (χ1n) is 15.0. The zero-order valence-corrected chi connectivity index (χ0v) is 25.7. The van der Waals surface area contributed by atoms with Crippen molar-refractivity contribution in [3.63, 3.8) is 0 Å². The minimum absolute atomic E-state index is 0.164. The van der Waals surface area contributed by atoms with E-state index in [0.29, 0.717) is 56.1 Å². The lowest BCUT2D eigenvalue weighted by molar-refractivity contribution is 0.0144. The molecule has 3 heterocycles. The molecule has 2 atom stereocenters. The first-order valence-corrected chi connectivity index (χ1v) is 15.0. The maximum Gasteiger partial charge on any atom is 0.410 e. The molecule has 2 unspecified atom stereocenters. The lowest BCUT2D eigenvalue weighted by Crippen LogP contribution is -2.56. The van der Waals surface area contributed by atoms with Crippen molar-refractivity contribution in [1.82, 2.24) is 19.8 Å². The Balaban J connectivity index is 1.49. The van der Waals surface area contributed by atoms with Gasteiger partial charge in [-0.1, -0.05) is 6.07 Å². The molecule has 3 aliphatic rings. The van der Waals surface area contributed by atoms with Crippen LogP contribution in [0.4, 0.5) is 15.0 Å². The van der Waals surface area contributed by atoms with E-state index in [9.17, 15) is 10.1 Å². The fourth-order valence-corrected chi connectivity index (χ4v) is 6.08. The van der Waals surface area contributed by atoms with Gasteiger partial charge in [-0.15, -0.1) is 0 Å². The Morgan fingerprint density at radius 2 is 1.98 bits per heavy atom. The van der Waals surface area contributed by atoms with Gasteiger partial charge in [-0.25, -0.2) is 9.18 Å². The Morgan fingerprint density at radius 1 is 1.16 bits per heavy atom. The van der Waals surface area contributed by atoms with Gasteiger partial charge in [0.1, 0.15) is 29.6 Å². The predicted octanol–water partition coefficient (Wildman–Crippen LogP) is 4.92. The Bertz CT molecular complexity index is 1420. The highest BCUT2D eigenvalue weighted by molar-refractivity contribution is 5.87. The largest absolute Gasteiger partial charge is 0.496 e. The zero-order chi connectivity index (χ0) is 30.7. The SMILES string of the molecule is COc1cccc(F)c1C1=Cc2nc(OCC3CCCN3C)nc(N3CCN(C(=O)OC(C)(C)C)C(CC#N)C3)c2CC1. The summed E-state index contributed by atoms with van der Waals surface area (Å²) in [4.78, 5) is 28.7. The van der Waals surface area contributed by atoms with Crippen molar-refractivity contribution in [1.29, 1.82) is 5.26 Å². The van der Waals surface area contributed by atoms with Crippen molar-refractivity contribution < 1.29 is 23.4 Å². The molecule has 0 radical (unpaired) electrons. The highest BCUT2D eigenvalue weighted by atomic mass is 19.1. The molecular weight excluding hydrogens is 551 g/mol. The number of likely N-dealkylation sites (N-methyl/N-ethyl adjacent to an activating group) is 1. The monoisotopic (exact) mass is 592 g/mol. The van der Waals surface area contributed by atoms with Gasteiger partial charge >= 0.3 is 12.1 Å². The summed E-state index contributed by atoms with van der Waals surface area (Å²) in [6.07, 6.45) is 4.99. The molecule has 43 heavy (non-hydrogen) atoms. The van der Waals surface area contributed by atoms with Gasteiger partial charge in [-0.2, -0.15) is 15.2 Å². The van der Waals surface area contributed by atoms with Gasteiger partial charge in [0.2, 0.25) is 0 Å². The van der Waals surface area contributed by atoms with E-state index in [2.05, 4.69) is 22.9 Å². The van der Waals surface area contributed by atoms with Crippen LogP contribution in [0, 0.1) is 17.1 Å². The molecule has 11 heteroatoms. The molecule has 5 rings (SSSR count). The van der Waals surface area contributed by atoms with E-state index in [4.69, 9.17) is 24.2 Å². The topological polar surface area (TPSA) is 104 Å². The minimum Gasteiger partial charge on any atom is -0.496 e. The summed E-state index contributed by atoms with van der Waals surface area (Å²) in [5.41, 5.74) is 2.21. The summed E-state index contributed by atoms with van der Waals surface area (Å²) in [5, 5.41) is 9.60. The number of carbonyl (C=O) groups excluding carboxylic acids is 1. The summed E-state index contributed by atoms with van der Waals surface area (Å²) in [5.74, 6) is 0.853. The van der Waals surface area contributed by atoms with Crippen LogP contribution in [0.1, 0.15) is 63.3 Å². The first-order chi connectivity index (χ1) is 20.6.